The Morgan fingerprint density at radius 1 is 0.882 bits per heavy atom. The Morgan fingerprint density at radius 2 is 1.35 bits per heavy atom. The van der Waals surface area contributed by atoms with Crippen LogP contribution in [0.3, 0.4) is 0 Å². The molecule has 0 spiro atoms. The van der Waals surface area contributed by atoms with Gasteiger partial charge in [-0.2, -0.15) is 0 Å². The van der Waals surface area contributed by atoms with Crippen molar-refractivity contribution in [2.24, 2.45) is 11.8 Å². The van der Waals surface area contributed by atoms with Crippen molar-refractivity contribution in [1.29, 1.82) is 0 Å². The van der Waals surface area contributed by atoms with Crippen LogP contribution < -0.4 is 0 Å². The standard InChI is InChI=1S/C8H16.C7H6F2/c1-7-3-5-8(2)6-4-7;1-5-2-3-6(8)7(9)4-5/h7-8H,3-6H2,1-2H3;2-4H,1H3. The highest BCUT2D eigenvalue weighted by Gasteiger charge is 2.13. The first-order chi connectivity index (χ1) is 7.99. The Labute approximate surface area is 103 Å². The number of hydrogen-bond donors (Lipinski definition) is 0. The summed E-state index contributed by atoms with van der Waals surface area (Å²) in [5.74, 6) is 0.466. The molecule has 0 bridgehead atoms. The lowest BCUT2D eigenvalue weighted by Gasteiger charge is -2.22. The Bertz CT molecular complexity index is 329. The van der Waals surface area contributed by atoms with Crippen LogP contribution in [-0.2, 0) is 0 Å². The van der Waals surface area contributed by atoms with Crippen molar-refractivity contribution in [2.75, 3.05) is 0 Å². The molecule has 0 unspecified atom stereocenters. The molecule has 0 heterocycles. The molecule has 0 N–H and O–H groups in total. The zero-order chi connectivity index (χ0) is 12.8. The fourth-order valence-electron chi connectivity index (χ4n) is 2.03. The van der Waals surface area contributed by atoms with E-state index in [4.69, 9.17) is 0 Å². The fourth-order valence-corrected chi connectivity index (χ4v) is 2.03. The van der Waals surface area contributed by atoms with Gasteiger partial charge in [-0.3, -0.25) is 0 Å². The number of rotatable bonds is 0. The van der Waals surface area contributed by atoms with Crippen LogP contribution in [0.5, 0.6) is 0 Å². The fraction of sp³-hybridized carbons (Fsp3) is 0.600. The van der Waals surface area contributed by atoms with Crippen LogP contribution in [0.15, 0.2) is 18.2 Å². The molecule has 1 aliphatic rings. The molecular formula is C15H22F2. The molecule has 1 aliphatic carbocycles. The lowest BCUT2D eigenvalue weighted by atomic mass is 9.84. The van der Waals surface area contributed by atoms with E-state index in [-0.39, 0.29) is 0 Å². The highest BCUT2D eigenvalue weighted by molar-refractivity contribution is 5.15. The van der Waals surface area contributed by atoms with Crippen molar-refractivity contribution < 1.29 is 8.78 Å². The van der Waals surface area contributed by atoms with Gasteiger partial charge in [-0.1, -0.05) is 45.6 Å². The summed E-state index contributed by atoms with van der Waals surface area (Å²) in [6.07, 6.45) is 5.89. The lowest BCUT2D eigenvalue weighted by Crippen LogP contribution is -2.08. The molecule has 0 aliphatic heterocycles. The Morgan fingerprint density at radius 3 is 1.71 bits per heavy atom. The summed E-state index contributed by atoms with van der Waals surface area (Å²) in [6.45, 7) is 6.44. The summed E-state index contributed by atoms with van der Waals surface area (Å²) in [5.41, 5.74) is 0.730. The molecule has 2 heteroatoms. The van der Waals surface area contributed by atoms with E-state index in [0.717, 1.165) is 29.5 Å². The van der Waals surface area contributed by atoms with E-state index in [1.165, 1.54) is 31.7 Å². The molecule has 1 aromatic rings. The second-order valence-electron chi connectivity index (χ2n) is 5.28. The predicted molar refractivity (Wildman–Crippen MR) is 67.9 cm³/mol. The number of benzene rings is 1. The van der Waals surface area contributed by atoms with E-state index in [1.807, 2.05) is 0 Å². The largest absolute Gasteiger partial charge is 0.204 e. The molecule has 0 saturated heterocycles. The number of aryl methyl sites for hydroxylation is 1. The van der Waals surface area contributed by atoms with Crippen molar-refractivity contribution in [1.82, 2.24) is 0 Å². The average Bonchev–Trinajstić information content (AvgIpc) is 2.29. The third kappa shape index (κ3) is 5.29. The molecule has 0 nitrogen and oxygen atoms in total. The molecule has 0 aromatic heterocycles. The highest BCUT2D eigenvalue weighted by Crippen LogP contribution is 2.27. The summed E-state index contributed by atoms with van der Waals surface area (Å²) < 4.78 is 24.3. The third-order valence-electron chi connectivity index (χ3n) is 3.38. The van der Waals surface area contributed by atoms with Gasteiger partial charge in [0, 0.05) is 0 Å². The lowest BCUT2D eigenvalue weighted by molar-refractivity contribution is 0.308. The van der Waals surface area contributed by atoms with Crippen molar-refractivity contribution >= 4 is 0 Å². The van der Waals surface area contributed by atoms with Crippen LogP contribution >= 0.6 is 0 Å². The maximum atomic E-state index is 12.2. The summed E-state index contributed by atoms with van der Waals surface area (Å²) in [5, 5.41) is 0. The summed E-state index contributed by atoms with van der Waals surface area (Å²) in [4.78, 5) is 0. The molecule has 1 fully saturated rings. The van der Waals surface area contributed by atoms with Gasteiger partial charge in [0.1, 0.15) is 0 Å². The molecule has 96 valence electrons. The number of hydrogen-bond acceptors (Lipinski definition) is 0. The second kappa shape index (κ2) is 6.73. The highest BCUT2D eigenvalue weighted by atomic mass is 19.2. The van der Waals surface area contributed by atoms with Crippen LogP contribution in [0.25, 0.3) is 0 Å². The minimum atomic E-state index is -0.791. The maximum absolute atomic E-state index is 12.2. The van der Waals surface area contributed by atoms with Gasteiger partial charge in [0.2, 0.25) is 0 Å². The van der Waals surface area contributed by atoms with Gasteiger partial charge >= 0.3 is 0 Å². The van der Waals surface area contributed by atoms with E-state index in [2.05, 4.69) is 13.8 Å². The van der Waals surface area contributed by atoms with Crippen molar-refractivity contribution in [3.8, 4) is 0 Å². The second-order valence-corrected chi connectivity index (χ2v) is 5.28. The van der Waals surface area contributed by atoms with Crippen molar-refractivity contribution in [2.45, 2.75) is 46.5 Å². The number of halogens is 2. The van der Waals surface area contributed by atoms with Crippen LogP contribution in [0, 0.1) is 30.4 Å². The van der Waals surface area contributed by atoms with Crippen LogP contribution in [-0.4, -0.2) is 0 Å². The molecule has 1 aromatic carbocycles. The Kier molecular flexibility index (Phi) is 5.60. The van der Waals surface area contributed by atoms with E-state index in [9.17, 15) is 8.78 Å². The third-order valence-corrected chi connectivity index (χ3v) is 3.38. The smallest absolute Gasteiger partial charge is 0.159 e. The van der Waals surface area contributed by atoms with Crippen molar-refractivity contribution in [3.05, 3.63) is 35.4 Å². The van der Waals surface area contributed by atoms with Gasteiger partial charge in [-0.25, -0.2) is 8.78 Å². The molecular weight excluding hydrogens is 218 g/mol. The van der Waals surface area contributed by atoms with Crippen molar-refractivity contribution in [3.63, 3.8) is 0 Å². The zero-order valence-corrected chi connectivity index (χ0v) is 11.0. The molecule has 17 heavy (non-hydrogen) atoms. The van der Waals surface area contributed by atoms with Crippen LogP contribution in [0.2, 0.25) is 0 Å². The van der Waals surface area contributed by atoms with E-state index in [0.29, 0.717) is 0 Å². The van der Waals surface area contributed by atoms with E-state index >= 15 is 0 Å². The van der Waals surface area contributed by atoms with Gasteiger partial charge in [-0.15, -0.1) is 0 Å². The summed E-state index contributed by atoms with van der Waals surface area (Å²) in [6, 6.07) is 3.80. The van der Waals surface area contributed by atoms with Gasteiger partial charge in [-0.05, 0) is 36.5 Å². The molecule has 0 radical (unpaired) electrons. The van der Waals surface area contributed by atoms with Gasteiger partial charge in [0.15, 0.2) is 11.6 Å². The molecule has 1 saturated carbocycles. The zero-order valence-electron chi connectivity index (χ0n) is 11.0. The first kappa shape index (κ1) is 14.1. The van der Waals surface area contributed by atoms with Gasteiger partial charge < -0.3 is 0 Å². The quantitative estimate of drug-likeness (QED) is 0.591. The summed E-state index contributed by atoms with van der Waals surface area (Å²) >= 11 is 0. The molecule has 0 amide bonds. The first-order valence-electron chi connectivity index (χ1n) is 6.40. The van der Waals surface area contributed by atoms with Crippen LogP contribution in [0.1, 0.15) is 45.1 Å². The predicted octanol–water partition coefficient (Wildman–Crippen LogP) is 5.11. The maximum Gasteiger partial charge on any atom is 0.159 e. The minimum Gasteiger partial charge on any atom is -0.204 e. The van der Waals surface area contributed by atoms with Gasteiger partial charge in [0.25, 0.3) is 0 Å². The topological polar surface area (TPSA) is 0 Å². The monoisotopic (exact) mass is 240 g/mol. The average molecular weight is 240 g/mol. The normalized spacial score (nSPS) is 23.8. The van der Waals surface area contributed by atoms with E-state index in [1.54, 1.807) is 6.92 Å². The first-order valence-corrected chi connectivity index (χ1v) is 6.40. The van der Waals surface area contributed by atoms with E-state index < -0.39 is 11.6 Å². The molecule has 2 rings (SSSR count). The van der Waals surface area contributed by atoms with Gasteiger partial charge in [0.05, 0.1) is 0 Å². The minimum absolute atomic E-state index is 0.730. The molecule has 0 atom stereocenters. The Hall–Kier alpha value is -0.920. The SMILES string of the molecule is CC1CCC(C)CC1.Cc1ccc(F)c(F)c1. The van der Waals surface area contributed by atoms with Crippen LogP contribution in [0.4, 0.5) is 8.78 Å². The Balaban J connectivity index is 0.000000171. The summed E-state index contributed by atoms with van der Waals surface area (Å²) in [7, 11) is 0.